The number of hydrogen-bond donors (Lipinski definition) is 0. The van der Waals surface area contributed by atoms with Gasteiger partial charge in [-0.1, -0.05) is 116 Å². The fourth-order valence-electron chi connectivity index (χ4n) is 4.81. The molecule has 0 saturated heterocycles. The van der Waals surface area contributed by atoms with Crippen molar-refractivity contribution in [3.05, 3.63) is 45.8 Å². The minimum absolute atomic E-state index is 0.232. The molecule has 2 aliphatic carbocycles. The first-order valence-electron chi connectivity index (χ1n) is 10.3. The standard InChI is InChI=1S/C24H40Si/c1-11-25(12-2,21-15-17(3)13-19(21)23(5,6)7)22-16-18(4)14-20(22)24(8,9)10/h13-18H,11-12H2,1-10H3. The highest BCUT2D eigenvalue weighted by Crippen LogP contribution is 2.51. The van der Waals surface area contributed by atoms with Crippen LogP contribution in [-0.2, 0) is 0 Å². The lowest BCUT2D eigenvalue weighted by atomic mass is 9.86. The van der Waals surface area contributed by atoms with Gasteiger partial charge in [-0.3, -0.25) is 0 Å². The van der Waals surface area contributed by atoms with Crippen LogP contribution < -0.4 is 0 Å². The molecule has 0 amide bonds. The van der Waals surface area contributed by atoms with Crippen LogP contribution in [0.4, 0.5) is 0 Å². The van der Waals surface area contributed by atoms with E-state index in [1.165, 1.54) is 12.1 Å². The molecular weight excluding hydrogens is 316 g/mol. The van der Waals surface area contributed by atoms with Crippen LogP contribution in [0, 0.1) is 22.7 Å². The highest BCUT2D eigenvalue weighted by atomic mass is 28.3. The molecule has 2 atom stereocenters. The summed E-state index contributed by atoms with van der Waals surface area (Å²) in [5, 5.41) is 3.49. The van der Waals surface area contributed by atoms with Gasteiger partial charge in [0.25, 0.3) is 0 Å². The first kappa shape index (κ1) is 20.5. The van der Waals surface area contributed by atoms with E-state index in [2.05, 4.69) is 93.5 Å². The summed E-state index contributed by atoms with van der Waals surface area (Å²) in [4.78, 5) is 0. The Balaban J connectivity index is 2.65. The maximum Gasteiger partial charge on any atom is 0.117 e. The second-order valence-corrected chi connectivity index (χ2v) is 15.0. The van der Waals surface area contributed by atoms with Crippen LogP contribution in [0.2, 0.25) is 12.1 Å². The van der Waals surface area contributed by atoms with E-state index < -0.39 is 8.07 Å². The fourth-order valence-corrected chi connectivity index (χ4v) is 10.2. The van der Waals surface area contributed by atoms with Gasteiger partial charge in [-0.2, -0.15) is 0 Å². The molecule has 0 N–H and O–H groups in total. The molecule has 0 saturated carbocycles. The average molecular weight is 357 g/mol. The third-order valence-electron chi connectivity index (χ3n) is 6.15. The molecule has 0 heterocycles. The van der Waals surface area contributed by atoms with E-state index in [1.807, 2.05) is 0 Å². The molecule has 2 unspecified atom stereocenters. The van der Waals surface area contributed by atoms with E-state index in [0.29, 0.717) is 11.8 Å². The Morgan fingerprint density at radius 3 is 1.24 bits per heavy atom. The smallest absolute Gasteiger partial charge is 0.0779 e. The second-order valence-electron chi connectivity index (χ2n) is 10.3. The number of rotatable bonds is 4. The minimum atomic E-state index is -1.72. The molecule has 140 valence electrons. The van der Waals surface area contributed by atoms with Crippen LogP contribution in [0.3, 0.4) is 0 Å². The van der Waals surface area contributed by atoms with Gasteiger partial charge in [-0.15, -0.1) is 0 Å². The molecule has 2 aliphatic rings. The third-order valence-corrected chi connectivity index (χ3v) is 11.5. The van der Waals surface area contributed by atoms with E-state index in [0.717, 1.165) is 0 Å². The zero-order chi connectivity index (χ0) is 19.2. The van der Waals surface area contributed by atoms with Crippen molar-refractivity contribution in [1.82, 2.24) is 0 Å². The van der Waals surface area contributed by atoms with Crippen LogP contribution >= 0.6 is 0 Å². The second kappa shape index (κ2) is 6.72. The predicted molar refractivity (Wildman–Crippen MR) is 116 cm³/mol. The minimum Gasteiger partial charge on any atom is -0.0779 e. The van der Waals surface area contributed by atoms with E-state index in [4.69, 9.17) is 0 Å². The zero-order valence-electron chi connectivity index (χ0n) is 18.4. The molecule has 0 fully saturated rings. The van der Waals surface area contributed by atoms with Crippen molar-refractivity contribution in [3.63, 3.8) is 0 Å². The Labute approximate surface area is 158 Å². The molecule has 0 nitrogen and oxygen atoms in total. The Bertz CT molecular complexity index is 583. The summed E-state index contributed by atoms with van der Waals surface area (Å²) >= 11 is 0. The first-order chi connectivity index (χ1) is 11.4. The van der Waals surface area contributed by atoms with Gasteiger partial charge in [0.05, 0.1) is 0 Å². The van der Waals surface area contributed by atoms with Crippen LogP contribution in [0.5, 0.6) is 0 Å². The molecular formula is C24H40Si. The van der Waals surface area contributed by atoms with Crippen molar-refractivity contribution in [2.45, 2.75) is 81.3 Å². The SMILES string of the molecule is CC[Si](CC)(C1=CC(C)C=C1C(C)(C)C)C1=CC(C)C=C1C(C)(C)C. The molecule has 1 heteroatoms. The van der Waals surface area contributed by atoms with Crippen molar-refractivity contribution >= 4 is 8.07 Å². The molecule has 0 bridgehead atoms. The average Bonchev–Trinajstić information content (AvgIpc) is 3.05. The zero-order valence-corrected chi connectivity index (χ0v) is 19.4. The fraction of sp³-hybridized carbons (Fsp3) is 0.667. The maximum absolute atomic E-state index is 2.61. The van der Waals surface area contributed by atoms with Crippen LogP contribution in [0.25, 0.3) is 0 Å². The molecule has 2 rings (SSSR count). The van der Waals surface area contributed by atoms with Crippen LogP contribution in [0.1, 0.15) is 69.2 Å². The topological polar surface area (TPSA) is 0 Å². The van der Waals surface area contributed by atoms with E-state index in [9.17, 15) is 0 Å². The molecule has 25 heavy (non-hydrogen) atoms. The monoisotopic (exact) mass is 356 g/mol. The van der Waals surface area contributed by atoms with E-state index in [-0.39, 0.29) is 10.8 Å². The molecule has 0 aromatic heterocycles. The Hall–Kier alpha value is -0.823. The largest absolute Gasteiger partial charge is 0.117 e. The van der Waals surface area contributed by atoms with Crippen molar-refractivity contribution in [2.24, 2.45) is 22.7 Å². The quantitative estimate of drug-likeness (QED) is 0.454. The van der Waals surface area contributed by atoms with Gasteiger partial charge in [0.2, 0.25) is 0 Å². The summed E-state index contributed by atoms with van der Waals surface area (Å²) in [5.74, 6) is 1.16. The summed E-state index contributed by atoms with van der Waals surface area (Å²) in [6.07, 6.45) is 10.3. The molecule has 0 radical (unpaired) electrons. The van der Waals surface area contributed by atoms with Gasteiger partial charge in [0.1, 0.15) is 8.07 Å². The van der Waals surface area contributed by atoms with Gasteiger partial charge in [0.15, 0.2) is 0 Å². The third kappa shape index (κ3) is 3.68. The summed E-state index contributed by atoms with van der Waals surface area (Å²) in [6.45, 7) is 24.0. The van der Waals surface area contributed by atoms with E-state index >= 15 is 0 Å². The summed E-state index contributed by atoms with van der Waals surface area (Å²) < 4.78 is 0. The summed E-state index contributed by atoms with van der Waals surface area (Å²) in [7, 11) is -1.72. The van der Waals surface area contributed by atoms with Crippen LogP contribution in [0.15, 0.2) is 45.8 Å². The molecule has 0 aromatic carbocycles. The Morgan fingerprint density at radius 2 is 1.00 bits per heavy atom. The van der Waals surface area contributed by atoms with Crippen molar-refractivity contribution in [1.29, 1.82) is 0 Å². The first-order valence-corrected chi connectivity index (χ1v) is 12.7. The summed E-state index contributed by atoms with van der Waals surface area (Å²) in [5.41, 5.74) is 3.72. The Kier molecular flexibility index (Phi) is 5.51. The lowest BCUT2D eigenvalue weighted by Gasteiger charge is -2.41. The summed E-state index contributed by atoms with van der Waals surface area (Å²) in [6, 6.07) is 2.61. The van der Waals surface area contributed by atoms with Gasteiger partial charge in [-0.05, 0) is 33.8 Å². The highest BCUT2D eigenvalue weighted by molar-refractivity contribution is 6.94. The predicted octanol–water partition coefficient (Wildman–Crippen LogP) is 7.65. The normalized spacial score (nSPS) is 24.9. The Morgan fingerprint density at radius 1 is 0.680 bits per heavy atom. The van der Waals surface area contributed by atoms with Crippen molar-refractivity contribution in [2.75, 3.05) is 0 Å². The molecule has 0 aliphatic heterocycles. The van der Waals surface area contributed by atoms with Crippen LogP contribution in [-0.4, -0.2) is 8.07 Å². The maximum atomic E-state index is 2.61. The number of hydrogen-bond acceptors (Lipinski definition) is 0. The van der Waals surface area contributed by atoms with Crippen molar-refractivity contribution in [3.8, 4) is 0 Å². The molecule has 0 spiro atoms. The lowest BCUT2D eigenvalue weighted by molar-refractivity contribution is 0.511. The van der Waals surface area contributed by atoms with E-state index in [1.54, 1.807) is 21.5 Å². The van der Waals surface area contributed by atoms with Crippen molar-refractivity contribution < 1.29 is 0 Å². The molecule has 0 aromatic rings. The number of allylic oxidation sites excluding steroid dienone is 8. The van der Waals surface area contributed by atoms with Gasteiger partial charge >= 0.3 is 0 Å². The lowest BCUT2D eigenvalue weighted by Crippen LogP contribution is -2.42. The van der Waals surface area contributed by atoms with Gasteiger partial charge in [0, 0.05) is 0 Å². The van der Waals surface area contributed by atoms with Gasteiger partial charge in [-0.25, -0.2) is 0 Å². The van der Waals surface area contributed by atoms with Gasteiger partial charge < -0.3 is 0 Å². The highest BCUT2D eigenvalue weighted by Gasteiger charge is 2.46.